The molecular formula is C17H20N2OS2. The second-order valence-electron chi connectivity index (χ2n) is 6.39. The average molecular weight is 332 g/mol. The van der Waals surface area contributed by atoms with Crippen LogP contribution in [0.4, 0.5) is 0 Å². The summed E-state index contributed by atoms with van der Waals surface area (Å²) in [6.45, 7) is 1.85. The Bertz CT molecular complexity index is 649. The number of thiazole rings is 1. The summed E-state index contributed by atoms with van der Waals surface area (Å²) < 4.78 is 0. The summed E-state index contributed by atoms with van der Waals surface area (Å²) >= 11 is 3.23. The Morgan fingerprint density at radius 1 is 1.18 bits per heavy atom. The lowest BCUT2D eigenvalue weighted by Gasteiger charge is -2.41. The maximum Gasteiger partial charge on any atom is 0.273 e. The van der Waals surface area contributed by atoms with Crippen LogP contribution in [0.5, 0.6) is 0 Å². The highest BCUT2D eigenvalue weighted by Crippen LogP contribution is 2.36. The highest BCUT2D eigenvalue weighted by atomic mass is 32.1. The number of hydrogen-bond acceptors (Lipinski definition) is 4. The minimum atomic E-state index is 0.127. The lowest BCUT2D eigenvalue weighted by Crippen LogP contribution is -2.44. The fourth-order valence-corrected chi connectivity index (χ4v) is 5.34. The van der Waals surface area contributed by atoms with Gasteiger partial charge >= 0.3 is 0 Å². The second kappa shape index (κ2) is 6.13. The molecule has 1 aliphatic heterocycles. The van der Waals surface area contributed by atoms with Gasteiger partial charge < -0.3 is 4.90 Å². The van der Waals surface area contributed by atoms with Crippen LogP contribution >= 0.6 is 22.7 Å². The molecule has 5 heteroatoms. The topological polar surface area (TPSA) is 33.2 Å². The average Bonchev–Trinajstić information content (AvgIpc) is 3.24. The first kappa shape index (κ1) is 14.4. The molecule has 1 saturated heterocycles. The third-order valence-corrected chi connectivity index (χ3v) is 6.64. The van der Waals surface area contributed by atoms with E-state index < -0.39 is 0 Å². The molecule has 2 aromatic rings. The highest BCUT2D eigenvalue weighted by Gasteiger charge is 2.33. The molecule has 0 aromatic carbocycles. The smallest absolute Gasteiger partial charge is 0.273 e. The Morgan fingerprint density at radius 3 is 2.86 bits per heavy atom. The van der Waals surface area contributed by atoms with Gasteiger partial charge in [0, 0.05) is 29.4 Å². The Hall–Kier alpha value is -1.20. The number of hydrogen-bond donors (Lipinski definition) is 0. The third-order valence-electron chi connectivity index (χ3n) is 5.07. The van der Waals surface area contributed by atoms with Gasteiger partial charge in [0.1, 0.15) is 10.7 Å². The predicted octanol–water partition coefficient (Wildman–Crippen LogP) is 4.52. The van der Waals surface area contributed by atoms with Crippen LogP contribution in [0.3, 0.4) is 0 Å². The van der Waals surface area contributed by atoms with Gasteiger partial charge in [0.25, 0.3) is 5.91 Å². The van der Waals surface area contributed by atoms with Crippen molar-refractivity contribution in [2.45, 2.75) is 32.1 Å². The summed E-state index contributed by atoms with van der Waals surface area (Å²) in [4.78, 5) is 19.3. The van der Waals surface area contributed by atoms with Crippen molar-refractivity contribution in [3.63, 3.8) is 0 Å². The predicted molar refractivity (Wildman–Crippen MR) is 91.4 cm³/mol. The Morgan fingerprint density at radius 2 is 2.05 bits per heavy atom. The molecule has 22 heavy (non-hydrogen) atoms. The van der Waals surface area contributed by atoms with E-state index in [0.717, 1.165) is 35.5 Å². The van der Waals surface area contributed by atoms with Crippen LogP contribution in [-0.2, 0) is 0 Å². The van der Waals surface area contributed by atoms with Gasteiger partial charge in [-0.05, 0) is 36.1 Å². The van der Waals surface area contributed by atoms with E-state index in [-0.39, 0.29) is 5.91 Å². The maximum atomic E-state index is 12.7. The van der Waals surface area contributed by atoms with Crippen molar-refractivity contribution in [3.8, 4) is 10.6 Å². The third kappa shape index (κ3) is 2.72. The molecular weight excluding hydrogens is 312 g/mol. The Balaban J connectivity index is 1.48. The number of piperidine rings is 1. The first-order chi connectivity index (χ1) is 10.8. The molecule has 1 aliphatic carbocycles. The molecule has 1 saturated carbocycles. The molecule has 0 radical (unpaired) electrons. The van der Waals surface area contributed by atoms with E-state index in [2.05, 4.69) is 16.4 Å². The number of rotatable bonds is 2. The van der Waals surface area contributed by atoms with Crippen molar-refractivity contribution < 1.29 is 4.79 Å². The van der Waals surface area contributed by atoms with Crippen molar-refractivity contribution in [3.05, 3.63) is 27.9 Å². The summed E-state index contributed by atoms with van der Waals surface area (Å²) in [5.41, 5.74) is 1.75. The standard InChI is InChI=1S/C17H20N2OS2/c20-17(15-11-22-16(18-15)14-6-8-21-10-14)19-7-5-12-3-1-2-4-13(12)9-19/h6,8,10-13H,1-5,7,9H2/t12-,13+/m0/s1. The molecule has 0 unspecified atom stereocenters. The second-order valence-corrected chi connectivity index (χ2v) is 8.03. The van der Waals surface area contributed by atoms with Gasteiger partial charge in [-0.3, -0.25) is 4.79 Å². The molecule has 0 spiro atoms. The lowest BCUT2D eigenvalue weighted by atomic mass is 9.75. The molecule has 2 fully saturated rings. The number of likely N-dealkylation sites (tertiary alicyclic amines) is 1. The van der Waals surface area contributed by atoms with Crippen molar-refractivity contribution >= 4 is 28.6 Å². The van der Waals surface area contributed by atoms with E-state index in [1.54, 1.807) is 22.7 Å². The SMILES string of the molecule is O=C(c1csc(-c2ccsc2)n1)N1CC[C@@H]2CCCC[C@@H]2C1. The van der Waals surface area contributed by atoms with Gasteiger partial charge in [0.05, 0.1) is 0 Å². The van der Waals surface area contributed by atoms with Crippen LogP contribution in [0.15, 0.2) is 22.2 Å². The van der Waals surface area contributed by atoms with Crippen LogP contribution in [0.2, 0.25) is 0 Å². The molecule has 1 amide bonds. The fraction of sp³-hybridized carbons (Fsp3) is 0.529. The molecule has 2 atom stereocenters. The zero-order valence-electron chi connectivity index (χ0n) is 12.5. The van der Waals surface area contributed by atoms with Crippen LogP contribution in [0.25, 0.3) is 10.6 Å². The molecule has 2 aliphatic rings. The maximum absolute atomic E-state index is 12.7. The minimum absolute atomic E-state index is 0.127. The van der Waals surface area contributed by atoms with Crippen molar-refractivity contribution in [2.24, 2.45) is 11.8 Å². The zero-order valence-corrected chi connectivity index (χ0v) is 14.2. The summed E-state index contributed by atoms with van der Waals surface area (Å²) in [6.07, 6.45) is 6.56. The van der Waals surface area contributed by atoms with Crippen LogP contribution in [-0.4, -0.2) is 28.9 Å². The number of aromatic nitrogens is 1. The Kier molecular flexibility index (Phi) is 4.01. The van der Waals surface area contributed by atoms with Crippen LogP contribution < -0.4 is 0 Å². The molecule has 3 heterocycles. The number of nitrogens with zero attached hydrogens (tertiary/aromatic N) is 2. The Labute approximate surface area is 139 Å². The number of thiophene rings is 1. The van der Waals surface area contributed by atoms with Gasteiger partial charge in [-0.15, -0.1) is 11.3 Å². The van der Waals surface area contributed by atoms with E-state index in [1.807, 2.05) is 15.7 Å². The van der Waals surface area contributed by atoms with Gasteiger partial charge in [0.15, 0.2) is 0 Å². The molecule has 116 valence electrons. The zero-order chi connectivity index (χ0) is 14.9. The van der Waals surface area contributed by atoms with Gasteiger partial charge in [0.2, 0.25) is 0 Å². The van der Waals surface area contributed by atoms with Gasteiger partial charge in [-0.25, -0.2) is 4.98 Å². The van der Waals surface area contributed by atoms with E-state index in [0.29, 0.717) is 5.69 Å². The minimum Gasteiger partial charge on any atom is -0.337 e. The fourth-order valence-electron chi connectivity index (χ4n) is 3.84. The molecule has 4 rings (SSSR count). The summed E-state index contributed by atoms with van der Waals surface area (Å²) in [5.74, 6) is 1.71. The summed E-state index contributed by atoms with van der Waals surface area (Å²) in [6, 6.07) is 2.06. The highest BCUT2D eigenvalue weighted by molar-refractivity contribution is 7.14. The van der Waals surface area contributed by atoms with Crippen LogP contribution in [0, 0.1) is 11.8 Å². The number of carbonyl (C=O) groups is 1. The first-order valence-corrected chi connectivity index (χ1v) is 9.91. The van der Waals surface area contributed by atoms with Crippen molar-refractivity contribution in [1.82, 2.24) is 9.88 Å². The van der Waals surface area contributed by atoms with E-state index in [1.165, 1.54) is 32.1 Å². The lowest BCUT2D eigenvalue weighted by molar-refractivity contribution is 0.0516. The monoisotopic (exact) mass is 332 g/mol. The summed E-state index contributed by atoms with van der Waals surface area (Å²) in [7, 11) is 0. The molecule has 0 bridgehead atoms. The number of carbonyl (C=O) groups excluding carboxylic acids is 1. The normalized spacial score (nSPS) is 25.0. The van der Waals surface area contributed by atoms with E-state index in [4.69, 9.17) is 0 Å². The first-order valence-electron chi connectivity index (χ1n) is 8.08. The van der Waals surface area contributed by atoms with Crippen molar-refractivity contribution in [2.75, 3.05) is 13.1 Å². The van der Waals surface area contributed by atoms with Gasteiger partial charge in [-0.1, -0.05) is 19.3 Å². The largest absolute Gasteiger partial charge is 0.337 e. The number of fused-ring (bicyclic) bond motifs is 1. The summed E-state index contributed by atoms with van der Waals surface area (Å²) in [5, 5.41) is 7.01. The molecule has 2 aromatic heterocycles. The quantitative estimate of drug-likeness (QED) is 0.810. The molecule has 3 nitrogen and oxygen atoms in total. The van der Waals surface area contributed by atoms with E-state index in [9.17, 15) is 4.79 Å². The molecule has 0 N–H and O–H groups in total. The van der Waals surface area contributed by atoms with Gasteiger partial charge in [-0.2, -0.15) is 11.3 Å². The van der Waals surface area contributed by atoms with E-state index >= 15 is 0 Å². The van der Waals surface area contributed by atoms with Crippen molar-refractivity contribution in [1.29, 1.82) is 0 Å². The number of amides is 1. The van der Waals surface area contributed by atoms with Crippen LogP contribution in [0.1, 0.15) is 42.6 Å².